The number of hydrogen-bond donors (Lipinski definition) is 0. The van der Waals surface area contributed by atoms with Crippen LogP contribution in [0, 0.1) is 5.92 Å². The fraction of sp³-hybridized carbons (Fsp3) is 0.550. The van der Waals surface area contributed by atoms with E-state index in [1.54, 1.807) is 29.3 Å². The minimum absolute atomic E-state index is 0.0138. The predicted octanol–water partition coefficient (Wildman–Crippen LogP) is 2.30. The Hall–Kier alpha value is -2.41. The third kappa shape index (κ3) is 3.83. The zero-order chi connectivity index (χ0) is 18.7. The number of carbonyl (C=O) groups is 1. The SMILES string of the molecule is Cn1ccc(C(=O)N2CCC3(CC2)OCCC3CCOc2cccnc2)n1. The van der Waals surface area contributed by atoms with Crippen LogP contribution in [0.25, 0.3) is 0 Å². The van der Waals surface area contributed by atoms with Gasteiger partial charge in [0.25, 0.3) is 5.91 Å². The lowest BCUT2D eigenvalue weighted by Gasteiger charge is -2.42. The van der Waals surface area contributed by atoms with Crippen molar-refractivity contribution in [3.8, 4) is 5.75 Å². The number of likely N-dealkylation sites (tertiary alicyclic amines) is 1. The van der Waals surface area contributed by atoms with Gasteiger partial charge >= 0.3 is 0 Å². The van der Waals surface area contributed by atoms with E-state index in [4.69, 9.17) is 9.47 Å². The van der Waals surface area contributed by atoms with Crippen LogP contribution in [0.1, 0.15) is 36.2 Å². The standard InChI is InChI=1S/C20H26N4O3/c1-23-10-4-18(22-23)19(25)24-11-7-20(8-12-24)16(6-14-27-20)5-13-26-17-3-2-9-21-15-17/h2-4,9-10,15-16H,5-8,11-14H2,1H3. The molecule has 27 heavy (non-hydrogen) atoms. The molecule has 2 fully saturated rings. The third-order valence-electron chi connectivity index (χ3n) is 5.80. The van der Waals surface area contributed by atoms with Crippen LogP contribution in [0.2, 0.25) is 0 Å². The number of hydrogen-bond acceptors (Lipinski definition) is 5. The summed E-state index contributed by atoms with van der Waals surface area (Å²) in [4.78, 5) is 18.6. The topological polar surface area (TPSA) is 69.5 Å². The summed E-state index contributed by atoms with van der Waals surface area (Å²) in [7, 11) is 1.83. The van der Waals surface area contributed by atoms with Crippen molar-refractivity contribution in [3.63, 3.8) is 0 Å². The molecular weight excluding hydrogens is 344 g/mol. The Morgan fingerprint density at radius 3 is 2.93 bits per heavy atom. The van der Waals surface area contributed by atoms with Gasteiger partial charge in [-0.05, 0) is 49.8 Å². The molecule has 2 aliphatic rings. The molecule has 0 saturated carbocycles. The summed E-state index contributed by atoms with van der Waals surface area (Å²) >= 11 is 0. The molecule has 2 saturated heterocycles. The van der Waals surface area contributed by atoms with Crippen LogP contribution in [-0.2, 0) is 11.8 Å². The van der Waals surface area contributed by atoms with Gasteiger partial charge in [0.15, 0.2) is 0 Å². The normalized spacial score (nSPS) is 21.5. The fourth-order valence-electron chi connectivity index (χ4n) is 4.28. The summed E-state index contributed by atoms with van der Waals surface area (Å²) in [5, 5.41) is 4.23. The van der Waals surface area contributed by atoms with Crippen molar-refractivity contribution in [2.75, 3.05) is 26.3 Å². The largest absolute Gasteiger partial charge is 0.492 e. The fourth-order valence-corrected chi connectivity index (χ4v) is 4.28. The highest BCUT2D eigenvalue weighted by molar-refractivity contribution is 5.92. The summed E-state index contributed by atoms with van der Waals surface area (Å²) < 4.78 is 13.7. The smallest absolute Gasteiger partial charge is 0.274 e. The number of nitrogens with zero attached hydrogens (tertiary/aromatic N) is 4. The maximum absolute atomic E-state index is 12.6. The number of pyridine rings is 1. The van der Waals surface area contributed by atoms with Gasteiger partial charge in [-0.3, -0.25) is 14.5 Å². The number of piperidine rings is 1. The molecule has 144 valence electrons. The minimum Gasteiger partial charge on any atom is -0.492 e. The zero-order valence-electron chi connectivity index (χ0n) is 15.7. The molecule has 0 aromatic carbocycles. The molecule has 7 nitrogen and oxygen atoms in total. The molecule has 1 unspecified atom stereocenters. The molecule has 0 N–H and O–H groups in total. The second kappa shape index (κ2) is 7.68. The van der Waals surface area contributed by atoms with Crippen molar-refractivity contribution in [1.29, 1.82) is 0 Å². The molecule has 2 aromatic heterocycles. The van der Waals surface area contributed by atoms with Crippen LogP contribution < -0.4 is 4.74 Å². The van der Waals surface area contributed by atoms with Crippen LogP contribution in [0.4, 0.5) is 0 Å². The summed E-state index contributed by atoms with van der Waals surface area (Å²) in [6, 6.07) is 5.58. The Balaban J connectivity index is 1.31. The van der Waals surface area contributed by atoms with Gasteiger partial charge in [-0.25, -0.2) is 0 Å². The van der Waals surface area contributed by atoms with Crippen molar-refractivity contribution < 1.29 is 14.3 Å². The molecule has 1 spiro atoms. The number of carbonyl (C=O) groups excluding carboxylic acids is 1. The molecule has 0 bridgehead atoms. The third-order valence-corrected chi connectivity index (χ3v) is 5.80. The van der Waals surface area contributed by atoms with Crippen molar-refractivity contribution in [2.45, 2.75) is 31.3 Å². The van der Waals surface area contributed by atoms with E-state index < -0.39 is 0 Å². The van der Waals surface area contributed by atoms with Gasteiger partial charge < -0.3 is 14.4 Å². The summed E-state index contributed by atoms with van der Waals surface area (Å²) in [5.74, 6) is 1.29. The Morgan fingerprint density at radius 1 is 1.37 bits per heavy atom. The van der Waals surface area contributed by atoms with Gasteiger partial charge in [0, 0.05) is 39.1 Å². The number of aromatic nitrogens is 3. The quantitative estimate of drug-likeness (QED) is 0.808. The van der Waals surface area contributed by atoms with Crippen LogP contribution >= 0.6 is 0 Å². The molecule has 1 amide bonds. The average molecular weight is 370 g/mol. The zero-order valence-corrected chi connectivity index (χ0v) is 15.7. The first kappa shape index (κ1) is 18.0. The van der Waals surface area contributed by atoms with Crippen molar-refractivity contribution in [2.24, 2.45) is 13.0 Å². The molecule has 0 aliphatic carbocycles. The molecule has 2 aliphatic heterocycles. The first-order chi connectivity index (χ1) is 13.2. The Bertz CT molecular complexity index is 769. The number of amides is 1. The summed E-state index contributed by atoms with van der Waals surface area (Å²) in [5.41, 5.74) is 0.404. The van der Waals surface area contributed by atoms with E-state index in [-0.39, 0.29) is 11.5 Å². The first-order valence-electron chi connectivity index (χ1n) is 9.62. The second-order valence-electron chi connectivity index (χ2n) is 7.39. The summed E-state index contributed by atoms with van der Waals surface area (Å²) in [6.07, 6.45) is 9.06. The van der Waals surface area contributed by atoms with E-state index in [1.165, 1.54) is 0 Å². The molecule has 4 rings (SSSR count). The predicted molar refractivity (Wildman–Crippen MR) is 99.5 cm³/mol. The van der Waals surface area contributed by atoms with Crippen molar-refractivity contribution >= 4 is 5.91 Å². The van der Waals surface area contributed by atoms with Crippen LogP contribution in [0.15, 0.2) is 36.8 Å². The Morgan fingerprint density at radius 2 is 2.22 bits per heavy atom. The van der Waals surface area contributed by atoms with Gasteiger partial charge in [0.2, 0.25) is 0 Å². The first-order valence-corrected chi connectivity index (χ1v) is 9.62. The van der Waals surface area contributed by atoms with E-state index in [0.717, 1.165) is 51.1 Å². The second-order valence-corrected chi connectivity index (χ2v) is 7.39. The molecule has 7 heteroatoms. The molecule has 4 heterocycles. The Kier molecular flexibility index (Phi) is 5.11. The van der Waals surface area contributed by atoms with Gasteiger partial charge in [-0.2, -0.15) is 5.10 Å². The highest BCUT2D eigenvalue weighted by Crippen LogP contribution is 2.42. The lowest BCUT2D eigenvalue weighted by Crippen LogP contribution is -2.49. The number of ether oxygens (including phenoxy) is 2. The highest BCUT2D eigenvalue weighted by Gasteiger charge is 2.46. The van der Waals surface area contributed by atoms with Crippen LogP contribution in [-0.4, -0.2) is 57.5 Å². The van der Waals surface area contributed by atoms with E-state index in [9.17, 15) is 4.79 Å². The van der Waals surface area contributed by atoms with E-state index in [2.05, 4.69) is 10.1 Å². The number of aryl methyl sites for hydroxylation is 1. The Labute approximate surface area is 159 Å². The van der Waals surface area contributed by atoms with Gasteiger partial charge in [0.05, 0.1) is 18.4 Å². The molecule has 0 radical (unpaired) electrons. The molecule has 2 aromatic rings. The maximum Gasteiger partial charge on any atom is 0.274 e. The van der Waals surface area contributed by atoms with E-state index >= 15 is 0 Å². The monoisotopic (exact) mass is 370 g/mol. The van der Waals surface area contributed by atoms with Crippen LogP contribution in [0.3, 0.4) is 0 Å². The van der Waals surface area contributed by atoms with Gasteiger partial charge in [-0.15, -0.1) is 0 Å². The minimum atomic E-state index is -0.112. The van der Waals surface area contributed by atoms with E-state index in [0.29, 0.717) is 18.2 Å². The van der Waals surface area contributed by atoms with Crippen molar-refractivity contribution in [3.05, 3.63) is 42.5 Å². The van der Waals surface area contributed by atoms with Crippen LogP contribution in [0.5, 0.6) is 5.75 Å². The van der Waals surface area contributed by atoms with E-state index in [1.807, 2.05) is 24.1 Å². The lowest BCUT2D eigenvalue weighted by molar-refractivity contribution is -0.0649. The maximum atomic E-state index is 12.6. The van der Waals surface area contributed by atoms with Gasteiger partial charge in [0.1, 0.15) is 11.4 Å². The van der Waals surface area contributed by atoms with Gasteiger partial charge in [-0.1, -0.05) is 0 Å². The molecule has 1 atom stereocenters. The highest BCUT2D eigenvalue weighted by atomic mass is 16.5. The average Bonchev–Trinajstić information content (AvgIpc) is 3.30. The lowest BCUT2D eigenvalue weighted by atomic mass is 9.78. The number of rotatable bonds is 5. The summed E-state index contributed by atoms with van der Waals surface area (Å²) in [6.45, 7) is 2.90. The van der Waals surface area contributed by atoms with Crippen molar-refractivity contribution in [1.82, 2.24) is 19.7 Å². The molecular formula is C20H26N4O3.